The third-order valence-corrected chi connectivity index (χ3v) is 5.51. The molecule has 92 valence electrons. The SMILES string of the molecule is NC(Cc1nc2ccccc2s1)c1ccc(Br)s1. The third-order valence-electron chi connectivity index (χ3n) is 2.69. The Kier molecular flexibility index (Phi) is 3.48. The van der Waals surface area contributed by atoms with Crippen LogP contribution < -0.4 is 5.73 Å². The summed E-state index contributed by atoms with van der Waals surface area (Å²) in [5.74, 6) is 0. The summed E-state index contributed by atoms with van der Waals surface area (Å²) < 4.78 is 2.35. The van der Waals surface area contributed by atoms with Gasteiger partial charge in [0, 0.05) is 17.3 Å². The Balaban J connectivity index is 1.83. The maximum Gasteiger partial charge on any atom is 0.0957 e. The second-order valence-electron chi connectivity index (χ2n) is 4.03. The average molecular weight is 339 g/mol. The molecule has 3 rings (SSSR count). The standard InChI is InChI=1S/C13H11BrN2S2/c14-12-6-5-10(17-12)8(15)7-13-16-9-3-1-2-4-11(9)18-13/h1-6,8H,7,15H2. The van der Waals surface area contributed by atoms with E-state index in [1.54, 1.807) is 22.7 Å². The molecular weight excluding hydrogens is 328 g/mol. The number of halogens is 1. The van der Waals surface area contributed by atoms with Crippen molar-refractivity contribution in [3.63, 3.8) is 0 Å². The van der Waals surface area contributed by atoms with Crippen molar-refractivity contribution in [2.24, 2.45) is 5.73 Å². The van der Waals surface area contributed by atoms with Crippen LogP contribution in [-0.2, 0) is 6.42 Å². The van der Waals surface area contributed by atoms with Gasteiger partial charge in [-0.25, -0.2) is 4.98 Å². The lowest BCUT2D eigenvalue weighted by atomic mass is 10.2. The molecular formula is C13H11BrN2S2. The normalized spacial score (nSPS) is 13.0. The molecule has 2 nitrogen and oxygen atoms in total. The highest BCUT2D eigenvalue weighted by Crippen LogP contribution is 2.30. The minimum absolute atomic E-state index is 0.0295. The predicted octanol–water partition coefficient (Wildman–Crippen LogP) is 4.36. The maximum absolute atomic E-state index is 6.22. The number of nitrogens with two attached hydrogens (primary N) is 1. The van der Waals surface area contributed by atoms with Crippen molar-refractivity contribution in [1.29, 1.82) is 0 Å². The first-order valence-corrected chi connectivity index (χ1v) is 8.00. The topological polar surface area (TPSA) is 38.9 Å². The van der Waals surface area contributed by atoms with Crippen molar-refractivity contribution in [3.8, 4) is 0 Å². The largest absolute Gasteiger partial charge is 0.323 e. The highest BCUT2D eigenvalue weighted by molar-refractivity contribution is 9.11. The molecule has 0 radical (unpaired) electrons. The summed E-state index contributed by atoms with van der Waals surface area (Å²) in [6, 6.07) is 12.3. The van der Waals surface area contributed by atoms with Crippen LogP contribution in [0.3, 0.4) is 0 Å². The van der Waals surface area contributed by atoms with E-state index in [1.807, 2.05) is 24.3 Å². The van der Waals surface area contributed by atoms with Gasteiger partial charge in [0.05, 0.1) is 19.0 Å². The second kappa shape index (κ2) is 5.09. The number of hydrogen-bond acceptors (Lipinski definition) is 4. The van der Waals surface area contributed by atoms with Gasteiger partial charge in [-0.3, -0.25) is 0 Å². The summed E-state index contributed by atoms with van der Waals surface area (Å²) in [6.07, 6.45) is 0.798. The molecule has 2 heterocycles. The van der Waals surface area contributed by atoms with Crippen molar-refractivity contribution in [1.82, 2.24) is 4.98 Å². The van der Waals surface area contributed by atoms with E-state index in [0.29, 0.717) is 0 Å². The van der Waals surface area contributed by atoms with Crippen molar-refractivity contribution in [3.05, 3.63) is 50.1 Å². The zero-order chi connectivity index (χ0) is 12.5. The number of rotatable bonds is 3. The van der Waals surface area contributed by atoms with E-state index < -0.39 is 0 Å². The van der Waals surface area contributed by atoms with Crippen LogP contribution in [0.4, 0.5) is 0 Å². The van der Waals surface area contributed by atoms with Gasteiger partial charge in [-0.05, 0) is 40.2 Å². The molecule has 1 aromatic carbocycles. The number of nitrogens with zero attached hydrogens (tertiary/aromatic N) is 1. The first-order valence-electron chi connectivity index (χ1n) is 5.57. The van der Waals surface area contributed by atoms with Crippen molar-refractivity contribution in [2.75, 3.05) is 0 Å². The summed E-state index contributed by atoms with van der Waals surface area (Å²) >= 11 is 6.88. The van der Waals surface area contributed by atoms with Crippen LogP contribution in [0, 0.1) is 0 Å². The van der Waals surface area contributed by atoms with Crippen LogP contribution in [0.15, 0.2) is 40.2 Å². The molecule has 0 aliphatic heterocycles. The van der Waals surface area contributed by atoms with Crippen LogP contribution in [0.25, 0.3) is 10.2 Å². The number of thiazole rings is 1. The van der Waals surface area contributed by atoms with Crippen LogP contribution in [0.2, 0.25) is 0 Å². The van der Waals surface area contributed by atoms with Gasteiger partial charge >= 0.3 is 0 Å². The Labute approximate surface area is 122 Å². The Bertz CT molecular complexity index is 641. The van der Waals surface area contributed by atoms with Crippen LogP contribution in [0.1, 0.15) is 15.9 Å². The van der Waals surface area contributed by atoms with Crippen LogP contribution in [0.5, 0.6) is 0 Å². The minimum Gasteiger partial charge on any atom is -0.323 e. The first kappa shape index (κ1) is 12.3. The van der Waals surface area contributed by atoms with E-state index in [-0.39, 0.29) is 6.04 Å². The Morgan fingerprint density at radius 3 is 2.72 bits per heavy atom. The lowest BCUT2D eigenvalue weighted by Crippen LogP contribution is -2.11. The molecule has 2 aromatic heterocycles. The van der Waals surface area contributed by atoms with Gasteiger partial charge in [0.15, 0.2) is 0 Å². The summed E-state index contributed by atoms with van der Waals surface area (Å²) in [7, 11) is 0. The molecule has 1 atom stereocenters. The first-order chi connectivity index (χ1) is 8.72. The monoisotopic (exact) mass is 338 g/mol. The zero-order valence-corrected chi connectivity index (χ0v) is 12.7. The molecule has 1 unspecified atom stereocenters. The maximum atomic E-state index is 6.22. The van der Waals surface area contributed by atoms with Gasteiger partial charge in [-0.1, -0.05) is 12.1 Å². The fraction of sp³-hybridized carbons (Fsp3) is 0.154. The fourth-order valence-electron chi connectivity index (χ4n) is 1.82. The Hall–Kier alpha value is -0.750. The lowest BCUT2D eigenvalue weighted by Gasteiger charge is -2.06. The zero-order valence-electron chi connectivity index (χ0n) is 9.47. The van der Waals surface area contributed by atoms with Gasteiger partial charge < -0.3 is 5.73 Å². The van der Waals surface area contributed by atoms with Crippen LogP contribution >= 0.6 is 38.6 Å². The summed E-state index contributed by atoms with van der Waals surface area (Å²) in [5, 5.41) is 1.10. The second-order valence-corrected chi connectivity index (χ2v) is 7.64. The van der Waals surface area contributed by atoms with Gasteiger partial charge in [-0.15, -0.1) is 22.7 Å². The number of hydrogen-bond donors (Lipinski definition) is 1. The molecule has 2 N–H and O–H groups in total. The molecule has 5 heteroatoms. The molecule has 0 fully saturated rings. The van der Waals surface area contributed by atoms with E-state index in [9.17, 15) is 0 Å². The molecule has 0 bridgehead atoms. The van der Waals surface area contributed by atoms with Crippen molar-refractivity contribution in [2.45, 2.75) is 12.5 Å². The number of para-hydroxylation sites is 1. The quantitative estimate of drug-likeness (QED) is 0.770. The third kappa shape index (κ3) is 2.49. The number of benzene rings is 1. The molecule has 18 heavy (non-hydrogen) atoms. The summed E-state index contributed by atoms with van der Waals surface area (Å²) in [6.45, 7) is 0. The van der Waals surface area contributed by atoms with Gasteiger partial charge in [0.2, 0.25) is 0 Å². The van der Waals surface area contributed by atoms with Crippen molar-refractivity contribution >= 4 is 48.8 Å². The molecule has 0 saturated heterocycles. The van der Waals surface area contributed by atoms with Gasteiger partial charge in [-0.2, -0.15) is 0 Å². The molecule has 0 amide bonds. The van der Waals surface area contributed by atoms with Crippen LogP contribution in [-0.4, -0.2) is 4.98 Å². The van der Waals surface area contributed by atoms with Gasteiger partial charge in [0.1, 0.15) is 0 Å². The predicted molar refractivity (Wildman–Crippen MR) is 82.3 cm³/mol. The average Bonchev–Trinajstić information content (AvgIpc) is 2.94. The molecule has 0 saturated carbocycles. The number of aromatic nitrogens is 1. The van der Waals surface area contributed by atoms with E-state index in [1.165, 1.54) is 9.58 Å². The molecule has 0 aliphatic carbocycles. The Morgan fingerprint density at radius 2 is 2.00 bits per heavy atom. The number of fused-ring (bicyclic) bond motifs is 1. The lowest BCUT2D eigenvalue weighted by molar-refractivity contribution is 0.733. The fourth-order valence-corrected chi connectivity index (χ4v) is 4.27. The molecule has 3 aromatic rings. The van der Waals surface area contributed by atoms with E-state index in [4.69, 9.17) is 5.73 Å². The summed E-state index contributed by atoms with van der Waals surface area (Å²) in [5.41, 5.74) is 7.29. The van der Waals surface area contributed by atoms with Crippen molar-refractivity contribution < 1.29 is 0 Å². The molecule has 0 aliphatic rings. The van der Waals surface area contributed by atoms with E-state index in [0.717, 1.165) is 20.7 Å². The highest BCUT2D eigenvalue weighted by Gasteiger charge is 2.12. The Morgan fingerprint density at radius 1 is 1.17 bits per heavy atom. The number of thiophene rings is 1. The summed E-state index contributed by atoms with van der Waals surface area (Å²) in [4.78, 5) is 5.81. The van der Waals surface area contributed by atoms with E-state index in [2.05, 4.69) is 33.0 Å². The molecule has 0 spiro atoms. The minimum atomic E-state index is 0.0295. The van der Waals surface area contributed by atoms with Gasteiger partial charge in [0.25, 0.3) is 0 Å². The smallest absolute Gasteiger partial charge is 0.0957 e. The highest BCUT2D eigenvalue weighted by atomic mass is 79.9. The van der Waals surface area contributed by atoms with E-state index >= 15 is 0 Å².